The molecule has 6 atom stereocenters. The highest BCUT2D eigenvalue weighted by Crippen LogP contribution is 2.27. The van der Waals surface area contributed by atoms with Crippen molar-refractivity contribution in [1.82, 2.24) is 20.9 Å². The summed E-state index contributed by atoms with van der Waals surface area (Å²) in [6.45, 7) is 0.327. The Hall–Kier alpha value is -0.810. The number of fused-ring (bicyclic) bond motifs is 1. The van der Waals surface area contributed by atoms with E-state index in [1.807, 2.05) is 0 Å². The van der Waals surface area contributed by atoms with E-state index in [0.717, 1.165) is 0 Å². The van der Waals surface area contributed by atoms with E-state index in [1.165, 1.54) is 0 Å². The van der Waals surface area contributed by atoms with Gasteiger partial charge < -0.3 is 25.4 Å². The molecule has 0 radical (unpaired) electrons. The number of aliphatic hydroxyl groups excluding tert-OH is 3. The van der Waals surface area contributed by atoms with Crippen molar-refractivity contribution in [3.8, 4) is 0 Å². The third-order valence-electron chi connectivity index (χ3n) is 3.87. The van der Waals surface area contributed by atoms with Gasteiger partial charge in [0.25, 0.3) is 0 Å². The van der Waals surface area contributed by atoms with Gasteiger partial charge in [-0.25, -0.2) is 4.90 Å². The number of aliphatic hydroxyl groups is 3. The monoisotopic (exact) mass is 274 g/mol. The van der Waals surface area contributed by atoms with Gasteiger partial charge in [0.05, 0.1) is 26.1 Å². The molecule has 0 aromatic rings. The van der Waals surface area contributed by atoms with Crippen LogP contribution >= 0.6 is 0 Å². The Morgan fingerprint density at radius 3 is 2.79 bits per heavy atom. The van der Waals surface area contributed by atoms with Gasteiger partial charge in [-0.2, -0.15) is 0 Å². The van der Waals surface area contributed by atoms with Gasteiger partial charge in [-0.1, -0.05) is 0 Å². The molecule has 9 heteroatoms. The average molecular weight is 274 g/mol. The molecule has 3 aliphatic heterocycles. The van der Waals surface area contributed by atoms with Gasteiger partial charge >= 0.3 is 0 Å². The highest BCUT2D eigenvalue weighted by molar-refractivity contribution is 5.83. The van der Waals surface area contributed by atoms with Crippen LogP contribution in [-0.4, -0.2) is 82.8 Å². The molecule has 1 amide bonds. The fraction of sp³-hybridized carbons (Fsp3) is 0.900. The number of hydrogen-bond donors (Lipinski definition) is 6. The molecule has 9 nitrogen and oxygen atoms in total. The van der Waals surface area contributed by atoms with Crippen molar-refractivity contribution in [2.24, 2.45) is 0 Å². The lowest BCUT2D eigenvalue weighted by molar-refractivity contribution is -0.130. The molecule has 0 aliphatic carbocycles. The van der Waals surface area contributed by atoms with Crippen LogP contribution in [0.2, 0.25) is 0 Å². The number of amides is 1. The summed E-state index contributed by atoms with van der Waals surface area (Å²) in [6.07, 6.45) is -4.13. The molecule has 108 valence electrons. The number of nitrogens with zero attached hydrogens (tertiary/aromatic N) is 1. The second-order valence-electron chi connectivity index (χ2n) is 4.95. The van der Waals surface area contributed by atoms with Crippen LogP contribution in [0, 0.1) is 0 Å². The maximum atomic E-state index is 11.7. The fourth-order valence-electron chi connectivity index (χ4n) is 2.83. The summed E-state index contributed by atoms with van der Waals surface area (Å²) in [7, 11) is 0. The zero-order chi connectivity index (χ0) is 13.6. The number of ether oxygens (including phenoxy) is 1. The Balaban J connectivity index is 1.75. The SMILES string of the molecule is O=C1NCNC2C1NCN2[C@@H]1O[C@H](CO)[C@@H](O)[C@@H]1O. The van der Waals surface area contributed by atoms with E-state index in [0.29, 0.717) is 13.3 Å². The molecule has 0 aromatic carbocycles. The second kappa shape index (κ2) is 4.94. The Bertz CT molecular complexity index is 370. The number of hydrogen-bond acceptors (Lipinski definition) is 8. The Kier molecular flexibility index (Phi) is 3.43. The summed E-state index contributed by atoms with van der Waals surface area (Å²) in [6, 6.07) is -0.421. The maximum absolute atomic E-state index is 11.7. The number of rotatable bonds is 2. The molecule has 0 spiro atoms. The summed E-state index contributed by atoms with van der Waals surface area (Å²) >= 11 is 0. The first-order valence-electron chi connectivity index (χ1n) is 6.26. The van der Waals surface area contributed by atoms with E-state index in [-0.39, 0.29) is 18.7 Å². The Morgan fingerprint density at radius 1 is 1.32 bits per heavy atom. The van der Waals surface area contributed by atoms with Crippen molar-refractivity contribution in [3.05, 3.63) is 0 Å². The van der Waals surface area contributed by atoms with Crippen LogP contribution in [0.25, 0.3) is 0 Å². The first-order chi connectivity index (χ1) is 9.13. The zero-order valence-electron chi connectivity index (χ0n) is 10.2. The predicted molar refractivity (Wildman–Crippen MR) is 61.3 cm³/mol. The smallest absolute Gasteiger partial charge is 0.241 e. The van der Waals surface area contributed by atoms with Crippen LogP contribution < -0.4 is 16.0 Å². The summed E-state index contributed by atoms with van der Waals surface area (Å²) in [4.78, 5) is 13.4. The van der Waals surface area contributed by atoms with Crippen LogP contribution in [-0.2, 0) is 9.53 Å². The first kappa shape index (κ1) is 13.2. The molecule has 6 N–H and O–H groups in total. The van der Waals surface area contributed by atoms with E-state index in [9.17, 15) is 15.0 Å². The highest BCUT2D eigenvalue weighted by Gasteiger charge is 2.51. The molecule has 3 rings (SSSR count). The van der Waals surface area contributed by atoms with E-state index in [1.54, 1.807) is 4.90 Å². The third-order valence-corrected chi connectivity index (χ3v) is 3.87. The Labute approximate surface area is 109 Å². The molecule has 0 aromatic heterocycles. The molecular weight excluding hydrogens is 256 g/mol. The number of carbonyl (C=O) groups excluding carboxylic acids is 1. The molecule has 3 saturated heterocycles. The van der Waals surface area contributed by atoms with E-state index in [4.69, 9.17) is 9.84 Å². The summed E-state index contributed by atoms with van der Waals surface area (Å²) in [5.74, 6) is -0.113. The van der Waals surface area contributed by atoms with Gasteiger partial charge in [0, 0.05) is 0 Å². The van der Waals surface area contributed by atoms with Crippen molar-refractivity contribution in [3.63, 3.8) is 0 Å². The standard InChI is InChI=1S/C10H18N4O5/c15-1-4-6(16)7(17)10(19-4)14-3-13-5-8(14)11-2-12-9(5)18/h4-8,10-11,13,15-17H,1-3H2,(H,12,18)/t4-,5?,6-,7+,8?,10-/m1/s1. The molecular formula is C10H18N4O5. The van der Waals surface area contributed by atoms with E-state index < -0.39 is 30.6 Å². The van der Waals surface area contributed by atoms with Crippen LogP contribution in [0.4, 0.5) is 0 Å². The van der Waals surface area contributed by atoms with Gasteiger partial charge in [-0.3, -0.25) is 15.4 Å². The minimum Gasteiger partial charge on any atom is -0.394 e. The second-order valence-corrected chi connectivity index (χ2v) is 4.95. The molecule has 3 heterocycles. The summed E-state index contributed by atoms with van der Waals surface area (Å²) < 4.78 is 5.47. The number of carbonyl (C=O) groups is 1. The lowest BCUT2D eigenvalue weighted by Crippen LogP contribution is -2.64. The number of nitrogens with one attached hydrogen (secondary N) is 3. The van der Waals surface area contributed by atoms with Crippen LogP contribution in [0.5, 0.6) is 0 Å². The minimum absolute atomic E-state index is 0.113. The van der Waals surface area contributed by atoms with Crippen LogP contribution in [0.3, 0.4) is 0 Å². The van der Waals surface area contributed by atoms with Gasteiger partial charge in [0.15, 0.2) is 0 Å². The topological polar surface area (TPSA) is 126 Å². The zero-order valence-corrected chi connectivity index (χ0v) is 10.2. The van der Waals surface area contributed by atoms with Crippen molar-refractivity contribution < 1.29 is 24.9 Å². The maximum Gasteiger partial charge on any atom is 0.241 e. The van der Waals surface area contributed by atoms with Crippen molar-refractivity contribution in [1.29, 1.82) is 0 Å². The predicted octanol–water partition coefficient (Wildman–Crippen LogP) is -4.34. The highest BCUT2D eigenvalue weighted by atomic mass is 16.6. The lowest BCUT2D eigenvalue weighted by Gasteiger charge is -2.35. The summed E-state index contributed by atoms with van der Waals surface area (Å²) in [5, 5.41) is 37.6. The Morgan fingerprint density at radius 2 is 2.11 bits per heavy atom. The van der Waals surface area contributed by atoms with Gasteiger partial charge in [0.2, 0.25) is 5.91 Å². The van der Waals surface area contributed by atoms with Gasteiger partial charge in [0.1, 0.15) is 30.6 Å². The molecule has 3 aliphatic rings. The normalized spacial score (nSPS) is 47.2. The van der Waals surface area contributed by atoms with Crippen molar-refractivity contribution in [2.75, 3.05) is 19.9 Å². The largest absolute Gasteiger partial charge is 0.394 e. The van der Waals surface area contributed by atoms with E-state index >= 15 is 0 Å². The lowest BCUT2D eigenvalue weighted by atomic mass is 10.1. The molecule has 0 bridgehead atoms. The van der Waals surface area contributed by atoms with Crippen molar-refractivity contribution >= 4 is 5.91 Å². The van der Waals surface area contributed by atoms with Gasteiger partial charge in [-0.15, -0.1) is 0 Å². The third kappa shape index (κ3) is 2.03. The average Bonchev–Trinajstić information content (AvgIpc) is 2.94. The van der Waals surface area contributed by atoms with Gasteiger partial charge in [-0.05, 0) is 0 Å². The molecule has 3 fully saturated rings. The molecule has 0 saturated carbocycles. The quantitative estimate of drug-likeness (QED) is 0.298. The fourth-order valence-corrected chi connectivity index (χ4v) is 2.83. The first-order valence-corrected chi connectivity index (χ1v) is 6.26. The van der Waals surface area contributed by atoms with Crippen molar-refractivity contribution in [2.45, 2.75) is 36.7 Å². The molecule has 2 unspecified atom stereocenters. The molecule has 19 heavy (non-hydrogen) atoms. The summed E-state index contributed by atoms with van der Waals surface area (Å²) in [5.41, 5.74) is 0. The van der Waals surface area contributed by atoms with E-state index in [2.05, 4.69) is 16.0 Å². The van der Waals surface area contributed by atoms with Crippen LogP contribution in [0.15, 0.2) is 0 Å². The van der Waals surface area contributed by atoms with Crippen LogP contribution in [0.1, 0.15) is 0 Å². The minimum atomic E-state index is -1.13.